The van der Waals surface area contributed by atoms with Crippen LogP contribution in [0.25, 0.3) is 87.6 Å². The molecule has 0 atom stereocenters. The van der Waals surface area contributed by atoms with E-state index >= 15 is 0 Å². The van der Waals surface area contributed by atoms with Crippen molar-refractivity contribution in [3.8, 4) is 44.5 Å². The quantitative estimate of drug-likeness (QED) is 0.155. The van der Waals surface area contributed by atoms with E-state index in [0.29, 0.717) is 0 Å². The molecule has 0 fully saturated rings. The van der Waals surface area contributed by atoms with Crippen molar-refractivity contribution < 1.29 is 0 Å². The van der Waals surface area contributed by atoms with Gasteiger partial charge in [0.15, 0.2) is 0 Å². The molecule has 0 spiro atoms. The molecule has 0 radical (unpaired) electrons. The van der Waals surface area contributed by atoms with Crippen LogP contribution in [0, 0.1) is 83.3 Å². The minimum absolute atomic E-state index is 1.26. The molecule has 13 rings (SSSR count). The van der Waals surface area contributed by atoms with Crippen molar-refractivity contribution >= 4 is 43.1 Å². The number of rotatable bonds is 4. The van der Waals surface area contributed by atoms with Crippen molar-refractivity contribution in [2.75, 3.05) is 0 Å². The Bertz CT molecular complexity index is 4040. The predicted octanol–water partition coefficient (Wildman–Crippen LogP) is 16.6. The Labute approximate surface area is 372 Å². The molecule has 0 aliphatic heterocycles. The van der Waals surface area contributed by atoms with Crippen LogP contribution in [-0.4, -0.2) is 0 Å². The summed E-state index contributed by atoms with van der Waals surface area (Å²) in [4.78, 5) is 0. The lowest BCUT2D eigenvalue weighted by Crippen LogP contribution is -1.94. The molecule has 0 saturated heterocycles. The molecule has 302 valence electrons. The third kappa shape index (κ3) is 5.23. The predicted molar refractivity (Wildman–Crippen MR) is 270 cm³/mol. The zero-order valence-corrected chi connectivity index (χ0v) is 37.2. The lowest BCUT2D eigenvalue weighted by Gasteiger charge is -2.17. The van der Waals surface area contributed by atoms with E-state index < -0.39 is 0 Å². The average molecular weight is 815 g/mol. The van der Waals surface area contributed by atoms with Gasteiger partial charge in [-0.3, -0.25) is 0 Å². The molecule has 0 aromatic heterocycles. The summed E-state index contributed by atoms with van der Waals surface area (Å²) < 4.78 is 0. The fraction of sp³-hybridized carbons (Fsp3) is 0.0938. The molecular formula is C64H46. The minimum Gasteiger partial charge on any atom is -0.0616 e. The monoisotopic (exact) mass is 814 g/mol. The average Bonchev–Trinajstić information content (AvgIpc) is 3.78. The van der Waals surface area contributed by atoms with Gasteiger partial charge in [0.25, 0.3) is 0 Å². The number of fused-ring (bicyclic) bond motifs is 5. The van der Waals surface area contributed by atoms with Crippen LogP contribution in [0.4, 0.5) is 0 Å². The standard InChI is InChI=1S/C64H46/c1-35-13-11-17-43(27-35)55-53-33-41-15-7-8-16-42(41)34-54(53)56(44-18-12-14-36(2)28-44)62-50-22-24-52-60-51(23-21-49(59(50)60)61(55)62)63-57(45-29-37(3)25-38(4)30-45)47-19-9-10-20-48(47)58(64(52)63)46-31-39(5)26-40(6)32-46/h7-34H,1-6H3. The summed E-state index contributed by atoms with van der Waals surface area (Å²) in [6.45, 7) is 13.4. The Morgan fingerprint density at radius 1 is 0.234 bits per heavy atom. The maximum Gasteiger partial charge on any atom is -0.000740 e. The highest BCUT2D eigenvalue weighted by Crippen LogP contribution is 2.46. The SMILES string of the molecule is Cc1cccc(-c2c3c(c(-c4cccc(C)c4)c4cc5ccccc5cc24)=c2ccc4c5c(ccc=3c25)=c2c(-c3cc(C)cc(C)c3)c3ccccc3c(-c3cc(C)cc(C)c3)c2=4)c1. The highest BCUT2D eigenvalue weighted by Gasteiger charge is 2.25. The van der Waals surface area contributed by atoms with Crippen molar-refractivity contribution in [2.24, 2.45) is 0 Å². The third-order valence-electron chi connectivity index (χ3n) is 14.3. The maximum absolute atomic E-state index is 2.48. The van der Waals surface area contributed by atoms with E-state index in [2.05, 4.69) is 211 Å². The summed E-state index contributed by atoms with van der Waals surface area (Å²) in [5, 5.41) is 21.1. The van der Waals surface area contributed by atoms with Gasteiger partial charge in [0, 0.05) is 0 Å². The fourth-order valence-electron chi connectivity index (χ4n) is 12.1. The second kappa shape index (κ2) is 13.5. The van der Waals surface area contributed by atoms with Gasteiger partial charge >= 0.3 is 0 Å². The van der Waals surface area contributed by atoms with Crippen LogP contribution >= 0.6 is 0 Å². The maximum atomic E-state index is 2.48. The van der Waals surface area contributed by atoms with Gasteiger partial charge in [0.2, 0.25) is 0 Å². The Morgan fingerprint density at radius 2 is 0.562 bits per heavy atom. The molecule has 64 heavy (non-hydrogen) atoms. The number of aryl methyl sites for hydroxylation is 6. The van der Waals surface area contributed by atoms with Gasteiger partial charge in [-0.2, -0.15) is 0 Å². The molecule has 2 aliphatic carbocycles. The van der Waals surface area contributed by atoms with Gasteiger partial charge in [0.05, 0.1) is 0 Å². The Hall–Kier alpha value is -7.54. The Kier molecular flexibility index (Phi) is 7.80. The van der Waals surface area contributed by atoms with Crippen LogP contribution in [0.2, 0.25) is 0 Å². The van der Waals surface area contributed by atoms with Crippen molar-refractivity contribution in [3.63, 3.8) is 0 Å². The van der Waals surface area contributed by atoms with Crippen molar-refractivity contribution in [1.82, 2.24) is 0 Å². The molecule has 0 heteroatoms. The lowest BCUT2D eigenvalue weighted by molar-refractivity contribution is 1.37. The lowest BCUT2D eigenvalue weighted by atomic mass is 9.86. The molecule has 0 bridgehead atoms. The second-order valence-electron chi connectivity index (χ2n) is 18.9. The van der Waals surface area contributed by atoms with Gasteiger partial charge in [-0.1, -0.05) is 191 Å². The van der Waals surface area contributed by atoms with E-state index in [9.17, 15) is 0 Å². The third-order valence-corrected chi connectivity index (χ3v) is 14.3. The Balaban J connectivity index is 1.36. The second-order valence-corrected chi connectivity index (χ2v) is 18.9. The molecule has 11 aromatic rings. The van der Waals surface area contributed by atoms with E-state index in [1.54, 1.807) is 0 Å². The van der Waals surface area contributed by atoms with Gasteiger partial charge in [0.1, 0.15) is 0 Å². The van der Waals surface area contributed by atoms with Gasteiger partial charge in [-0.15, -0.1) is 0 Å². The van der Waals surface area contributed by atoms with E-state index in [-0.39, 0.29) is 0 Å². The fourth-order valence-corrected chi connectivity index (χ4v) is 12.1. The van der Waals surface area contributed by atoms with E-state index in [1.165, 1.54) is 163 Å². The number of hydrogen-bond acceptors (Lipinski definition) is 0. The molecule has 0 saturated carbocycles. The van der Waals surface area contributed by atoms with Crippen LogP contribution < -0.4 is 0 Å². The van der Waals surface area contributed by atoms with Crippen molar-refractivity contribution in [1.29, 1.82) is 0 Å². The van der Waals surface area contributed by atoms with E-state index in [1.807, 2.05) is 0 Å². The number of benzene rings is 11. The normalized spacial score (nSPS) is 12.2. The largest absolute Gasteiger partial charge is 0.0616 e. The Morgan fingerprint density at radius 3 is 0.922 bits per heavy atom. The molecule has 0 amide bonds. The molecule has 0 unspecified atom stereocenters. The highest BCUT2D eigenvalue weighted by molar-refractivity contribution is 6.13. The summed E-state index contributed by atoms with van der Waals surface area (Å²) in [5.41, 5.74) is 18.0. The van der Waals surface area contributed by atoms with E-state index in [4.69, 9.17) is 0 Å². The molecule has 0 heterocycles. The smallest absolute Gasteiger partial charge is 0.000740 e. The van der Waals surface area contributed by atoms with E-state index in [0.717, 1.165) is 0 Å². The van der Waals surface area contributed by atoms with Crippen LogP contribution in [0.1, 0.15) is 33.4 Å². The zero-order chi connectivity index (χ0) is 43.1. The van der Waals surface area contributed by atoms with Gasteiger partial charge < -0.3 is 0 Å². The van der Waals surface area contributed by atoms with Crippen molar-refractivity contribution in [3.05, 3.63) is 245 Å². The highest BCUT2D eigenvalue weighted by atomic mass is 14.3. The summed E-state index contributed by atoms with van der Waals surface area (Å²) in [5.74, 6) is 0. The first kappa shape index (κ1) is 37.1. The number of hydrogen-bond donors (Lipinski definition) is 0. The molecule has 11 aromatic carbocycles. The van der Waals surface area contributed by atoms with Crippen molar-refractivity contribution in [2.45, 2.75) is 41.5 Å². The first-order valence-electron chi connectivity index (χ1n) is 22.7. The first-order valence-corrected chi connectivity index (χ1v) is 22.7. The molecule has 2 aliphatic rings. The summed E-state index contributed by atoms with van der Waals surface area (Å²) in [6, 6.07) is 65.5. The summed E-state index contributed by atoms with van der Waals surface area (Å²) in [7, 11) is 0. The topological polar surface area (TPSA) is 0 Å². The molecule has 0 nitrogen and oxygen atoms in total. The molecule has 0 N–H and O–H groups in total. The van der Waals surface area contributed by atoms with Crippen LogP contribution in [-0.2, 0) is 0 Å². The van der Waals surface area contributed by atoms with Gasteiger partial charge in [-0.25, -0.2) is 0 Å². The zero-order valence-electron chi connectivity index (χ0n) is 37.2. The van der Waals surface area contributed by atoms with Gasteiger partial charge in [-0.05, 0) is 183 Å². The van der Waals surface area contributed by atoms with Crippen LogP contribution in [0.3, 0.4) is 0 Å². The van der Waals surface area contributed by atoms with Crippen LogP contribution in [0.5, 0.6) is 0 Å². The minimum atomic E-state index is 1.26. The van der Waals surface area contributed by atoms with Crippen LogP contribution in [0.15, 0.2) is 170 Å². The summed E-state index contributed by atoms with van der Waals surface area (Å²) in [6.07, 6.45) is 0. The molecular weight excluding hydrogens is 769 g/mol. The summed E-state index contributed by atoms with van der Waals surface area (Å²) >= 11 is 0. The first-order chi connectivity index (χ1) is 31.2.